The van der Waals surface area contributed by atoms with Crippen LogP contribution in [0.5, 0.6) is 0 Å². The molecule has 0 spiro atoms. The lowest BCUT2D eigenvalue weighted by atomic mass is 9.86. The quantitative estimate of drug-likeness (QED) is 0.475. The Morgan fingerprint density at radius 2 is 2.00 bits per heavy atom. The van der Waals surface area contributed by atoms with Crippen LogP contribution in [0, 0.1) is 5.41 Å². The standard InChI is InChI=1S/C7H14N2/c1-7(2,3)6-4-5-8-9-6/h6H,4-5H2,1-3H3. The minimum Gasteiger partial charge on any atom is -0.194 e. The molecule has 0 saturated carbocycles. The van der Waals surface area contributed by atoms with E-state index >= 15 is 0 Å². The third kappa shape index (κ3) is 1.50. The van der Waals surface area contributed by atoms with Gasteiger partial charge in [-0.25, -0.2) is 0 Å². The average Bonchev–Trinajstić information content (AvgIpc) is 2.08. The number of nitrogens with zero attached hydrogens (tertiary/aromatic N) is 2. The van der Waals surface area contributed by atoms with E-state index in [0.29, 0.717) is 11.5 Å². The molecule has 0 aromatic rings. The van der Waals surface area contributed by atoms with Crippen LogP contribution >= 0.6 is 0 Å². The molecule has 0 aromatic heterocycles. The minimum absolute atomic E-state index is 0.319. The van der Waals surface area contributed by atoms with Crippen molar-refractivity contribution in [2.24, 2.45) is 15.6 Å². The van der Waals surface area contributed by atoms with Gasteiger partial charge in [-0.1, -0.05) is 20.8 Å². The van der Waals surface area contributed by atoms with Gasteiger partial charge in [0.2, 0.25) is 0 Å². The van der Waals surface area contributed by atoms with E-state index in [2.05, 4.69) is 31.0 Å². The van der Waals surface area contributed by atoms with Gasteiger partial charge in [0, 0.05) is 0 Å². The Morgan fingerprint density at radius 1 is 1.33 bits per heavy atom. The molecule has 1 aliphatic rings. The fourth-order valence-electron chi connectivity index (χ4n) is 1.00. The first-order valence-electron chi connectivity index (χ1n) is 3.47. The molecule has 0 radical (unpaired) electrons. The molecule has 2 heteroatoms. The van der Waals surface area contributed by atoms with Crippen LogP contribution in [0.1, 0.15) is 27.2 Å². The van der Waals surface area contributed by atoms with Crippen molar-refractivity contribution in [1.29, 1.82) is 0 Å². The van der Waals surface area contributed by atoms with E-state index in [1.54, 1.807) is 0 Å². The Hall–Kier alpha value is -0.400. The SMILES string of the molecule is CC(C)(C)C1CCN=N1. The van der Waals surface area contributed by atoms with Crippen LogP contribution in [-0.2, 0) is 0 Å². The zero-order chi connectivity index (χ0) is 6.91. The Balaban J connectivity index is 2.53. The monoisotopic (exact) mass is 126 g/mol. The molecule has 0 saturated heterocycles. The smallest absolute Gasteiger partial charge is 0.0774 e. The molecular weight excluding hydrogens is 112 g/mol. The summed E-state index contributed by atoms with van der Waals surface area (Å²) < 4.78 is 0. The minimum atomic E-state index is 0.319. The molecule has 0 fully saturated rings. The second-order valence-corrected chi connectivity index (χ2v) is 3.65. The normalized spacial score (nSPS) is 27.2. The number of azo groups is 1. The van der Waals surface area contributed by atoms with Crippen molar-refractivity contribution >= 4 is 0 Å². The van der Waals surface area contributed by atoms with Crippen LogP contribution in [0.25, 0.3) is 0 Å². The van der Waals surface area contributed by atoms with Crippen molar-refractivity contribution in [3.8, 4) is 0 Å². The van der Waals surface area contributed by atoms with Crippen molar-refractivity contribution < 1.29 is 0 Å². The van der Waals surface area contributed by atoms with Gasteiger partial charge in [0.15, 0.2) is 0 Å². The molecule has 0 N–H and O–H groups in total. The van der Waals surface area contributed by atoms with Crippen molar-refractivity contribution in [3.05, 3.63) is 0 Å². The van der Waals surface area contributed by atoms with Crippen LogP contribution < -0.4 is 0 Å². The molecule has 0 bridgehead atoms. The lowest BCUT2D eigenvalue weighted by molar-refractivity contribution is 0.324. The Kier molecular flexibility index (Phi) is 1.56. The Labute approximate surface area is 56.4 Å². The van der Waals surface area contributed by atoms with Gasteiger partial charge in [-0.2, -0.15) is 10.2 Å². The zero-order valence-corrected chi connectivity index (χ0v) is 6.39. The van der Waals surface area contributed by atoms with Crippen LogP contribution in [0.3, 0.4) is 0 Å². The summed E-state index contributed by atoms with van der Waals surface area (Å²) in [5.74, 6) is 0. The molecule has 1 heterocycles. The molecule has 0 amide bonds. The molecule has 9 heavy (non-hydrogen) atoms. The second-order valence-electron chi connectivity index (χ2n) is 3.65. The lowest BCUT2D eigenvalue weighted by Gasteiger charge is -2.22. The summed E-state index contributed by atoms with van der Waals surface area (Å²) in [6.45, 7) is 7.56. The predicted octanol–water partition coefficient (Wildman–Crippen LogP) is 2.26. The number of rotatable bonds is 0. The van der Waals surface area contributed by atoms with Gasteiger partial charge >= 0.3 is 0 Å². The maximum Gasteiger partial charge on any atom is 0.0774 e. The van der Waals surface area contributed by atoms with Gasteiger partial charge in [0.25, 0.3) is 0 Å². The van der Waals surface area contributed by atoms with Gasteiger partial charge in [-0.15, -0.1) is 0 Å². The van der Waals surface area contributed by atoms with Crippen LogP contribution in [0.2, 0.25) is 0 Å². The van der Waals surface area contributed by atoms with Crippen molar-refractivity contribution in [2.75, 3.05) is 6.54 Å². The first-order valence-corrected chi connectivity index (χ1v) is 3.47. The van der Waals surface area contributed by atoms with E-state index in [-0.39, 0.29) is 0 Å². The van der Waals surface area contributed by atoms with Gasteiger partial charge in [0.1, 0.15) is 0 Å². The highest BCUT2D eigenvalue weighted by Gasteiger charge is 2.26. The summed E-state index contributed by atoms with van der Waals surface area (Å²) in [7, 11) is 0. The first kappa shape index (κ1) is 6.72. The highest BCUT2D eigenvalue weighted by Crippen LogP contribution is 2.27. The topological polar surface area (TPSA) is 24.7 Å². The zero-order valence-electron chi connectivity index (χ0n) is 6.39. The summed E-state index contributed by atoms with van der Waals surface area (Å²) in [5, 5.41) is 8.09. The number of hydrogen-bond donors (Lipinski definition) is 0. The molecule has 1 atom stereocenters. The Morgan fingerprint density at radius 3 is 2.22 bits per heavy atom. The molecule has 0 aromatic carbocycles. The van der Waals surface area contributed by atoms with Gasteiger partial charge in [-0.3, -0.25) is 0 Å². The molecule has 1 unspecified atom stereocenters. The number of hydrogen-bond acceptors (Lipinski definition) is 2. The first-order chi connectivity index (χ1) is 4.11. The van der Waals surface area contributed by atoms with E-state index in [9.17, 15) is 0 Å². The van der Waals surface area contributed by atoms with E-state index in [0.717, 1.165) is 13.0 Å². The maximum atomic E-state index is 4.13. The molecule has 1 rings (SSSR count). The molecule has 2 nitrogen and oxygen atoms in total. The fraction of sp³-hybridized carbons (Fsp3) is 1.00. The lowest BCUT2D eigenvalue weighted by Crippen LogP contribution is -2.22. The molecule has 52 valence electrons. The van der Waals surface area contributed by atoms with E-state index in [1.165, 1.54) is 0 Å². The summed E-state index contributed by atoms with van der Waals surface area (Å²) in [6.07, 6.45) is 1.14. The van der Waals surface area contributed by atoms with Crippen molar-refractivity contribution in [3.63, 3.8) is 0 Å². The van der Waals surface area contributed by atoms with Gasteiger partial charge in [0.05, 0.1) is 12.6 Å². The van der Waals surface area contributed by atoms with Crippen molar-refractivity contribution in [2.45, 2.75) is 33.2 Å². The fourth-order valence-corrected chi connectivity index (χ4v) is 1.00. The average molecular weight is 126 g/mol. The Bertz CT molecular complexity index is 121. The third-order valence-corrected chi connectivity index (χ3v) is 1.72. The highest BCUT2D eigenvalue weighted by molar-refractivity contribution is 4.82. The van der Waals surface area contributed by atoms with E-state index < -0.39 is 0 Å². The largest absolute Gasteiger partial charge is 0.194 e. The molecule has 1 aliphatic heterocycles. The van der Waals surface area contributed by atoms with Crippen molar-refractivity contribution in [1.82, 2.24) is 0 Å². The maximum absolute atomic E-state index is 4.13. The molecular formula is C7H14N2. The van der Waals surface area contributed by atoms with Crippen LogP contribution in [-0.4, -0.2) is 12.6 Å². The molecule has 0 aliphatic carbocycles. The third-order valence-electron chi connectivity index (χ3n) is 1.72. The summed E-state index contributed by atoms with van der Waals surface area (Å²) in [5.41, 5.74) is 0.319. The van der Waals surface area contributed by atoms with Crippen LogP contribution in [0.15, 0.2) is 10.2 Å². The van der Waals surface area contributed by atoms with Crippen LogP contribution in [0.4, 0.5) is 0 Å². The van der Waals surface area contributed by atoms with Gasteiger partial charge in [-0.05, 0) is 11.8 Å². The highest BCUT2D eigenvalue weighted by atomic mass is 15.2. The summed E-state index contributed by atoms with van der Waals surface area (Å²) >= 11 is 0. The second kappa shape index (κ2) is 2.09. The van der Waals surface area contributed by atoms with E-state index in [1.807, 2.05) is 0 Å². The van der Waals surface area contributed by atoms with E-state index in [4.69, 9.17) is 0 Å². The van der Waals surface area contributed by atoms with Gasteiger partial charge < -0.3 is 0 Å². The summed E-state index contributed by atoms with van der Waals surface area (Å²) in [6, 6.07) is 0.470. The predicted molar refractivity (Wildman–Crippen MR) is 37.6 cm³/mol. The summed E-state index contributed by atoms with van der Waals surface area (Å²) in [4.78, 5) is 0.